The van der Waals surface area contributed by atoms with E-state index in [-0.39, 0.29) is 12.1 Å². The summed E-state index contributed by atoms with van der Waals surface area (Å²) in [6.45, 7) is 8.23. The van der Waals surface area contributed by atoms with Gasteiger partial charge in [0.05, 0.1) is 7.11 Å². The predicted molar refractivity (Wildman–Crippen MR) is 86.3 cm³/mol. The van der Waals surface area contributed by atoms with Gasteiger partial charge >= 0.3 is 6.09 Å². The second kappa shape index (κ2) is 6.00. The van der Waals surface area contributed by atoms with E-state index in [1.54, 1.807) is 7.11 Å². The van der Waals surface area contributed by atoms with Crippen LogP contribution < -0.4 is 4.74 Å². The Hall–Kier alpha value is -1.82. The molecule has 6 heteroatoms. The van der Waals surface area contributed by atoms with Gasteiger partial charge in [0.1, 0.15) is 5.60 Å². The molecule has 23 heavy (non-hydrogen) atoms. The van der Waals surface area contributed by atoms with Crippen LogP contribution in [0, 0.1) is 0 Å². The van der Waals surface area contributed by atoms with Crippen LogP contribution in [-0.2, 0) is 11.3 Å². The molecule has 0 N–H and O–H groups in total. The highest BCUT2D eigenvalue weighted by Crippen LogP contribution is 2.32. The lowest BCUT2D eigenvalue weighted by Gasteiger charge is -2.35. The molecule has 0 spiro atoms. The molecular weight excluding hydrogens is 294 g/mol. The molecule has 2 aliphatic heterocycles. The number of pyridine rings is 1. The van der Waals surface area contributed by atoms with Crippen LogP contribution in [0.15, 0.2) is 18.3 Å². The van der Waals surface area contributed by atoms with Crippen LogP contribution in [0.3, 0.4) is 0 Å². The monoisotopic (exact) mass is 319 g/mol. The fourth-order valence-electron chi connectivity index (χ4n) is 3.35. The summed E-state index contributed by atoms with van der Waals surface area (Å²) in [4.78, 5) is 20.8. The van der Waals surface area contributed by atoms with Crippen molar-refractivity contribution in [1.82, 2.24) is 14.8 Å². The van der Waals surface area contributed by atoms with E-state index in [4.69, 9.17) is 9.47 Å². The van der Waals surface area contributed by atoms with Gasteiger partial charge in [0.2, 0.25) is 5.88 Å². The predicted octanol–water partition coefficient (Wildman–Crippen LogP) is 2.28. The lowest BCUT2D eigenvalue weighted by molar-refractivity contribution is 0.0124. The summed E-state index contributed by atoms with van der Waals surface area (Å²) in [5.74, 6) is 0.632. The number of fused-ring (bicyclic) bond motifs is 2. The SMILES string of the molecule is COc1ccc(CN2C[C@H]3C[C@@H]2CN3C(=O)OC(C)(C)C)cn1. The van der Waals surface area contributed by atoms with E-state index in [0.717, 1.165) is 26.1 Å². The zero-order valence-corrected chi connectivity index (χ0v) is 14.3. The summed E-state index contributed by atoms with van der Waals surface area (Å²) in [6, 6.07) is 4.61. The molecule has 2 saturated heterocycles. The fraction of sp³-hybridized carbons (Fsp3) is 0.647. The Morgan fingerprint density at radius 2 is 2.09 bits per heavy atom. The molecule has 3 rings (SSSR count). The molecule has 2 atom stereocenters. The minimum atomic E-state index is -0.437. The van der Waals surface area contributed by atoms with Crippen LogP contribution >= 0.6 is 0 Å². The Bertz CT molecular complexity index is 567. The number of ether oxygens (including phenoxy) is 2. The normalized spacial score (nSPS) is 24.1. The van der Waals surface area contributed by atoms with Crippen molar-refractivity contribution in [1.29, 1.82) is 0 Å². The molecule has 2 aliphatic rings. The molecule has 6 nitrogen and oxygen atoms in total. The van der Waals surface area contributed by atoms with Gasteiger partial charge in [-0.15, -0.1) is 0 Å². The third-order valence-electron chi connectivity index (χ3n) is 4.37. The highest BCUT2D eigenvalue weighted by molar-refractivity contribution is 5.69. The molecular formula is C17H25N3O3. The van der Waals surface area contributed by atoms with Crippen LogP contribution in [0.4, 0.5) is 4.79 Å². The number of methoxy groups -OCH3 is 1. The van der Waals surface area contributed by atoms with Crippen molar-refractivity contribution in [3.8, 4) is 5.88 Å². The van der Waals surface area contributed by atoms with Crippen molar-refractivity contribution in [3.63, 3.8) is 0 Å². The summed E-state index contributed by atoms with van der Waals surface area (Å²) in [7, 11) is 1.62. The number of piperazine rings is 1. The fourth-order valence-corrected chi connectivity index (χ4v) is 3.35. The number of hydrogen-bond donors (Lipinski definition) is 0. The molecule has 2 fully saturated rings. The van der Waals surface area contributed by atoms with Gasteiger partial charge in [0.15, 0.2) is 0 Å². The summed E-state index contributed by atoms with van der Waals surface area (Å²) < 4.78 is 10.6. The number of likely N-dealkylation sites (tertiary alicyclic amines) is 2. The number of carbonyl (C=O) groups excluding carboxylic acids is 1. The van der Waals surface area contributed by atoms with Crippen molar-refractivity contribution in [2.45, 2.75) is 51.4 Å². The van der Waals surface area contributed by atoms with E-state index in [0.29, 0.717) is 11.9 Å². The first-order valence-electron chi connectivity index (χ1n) is 8.08. The first-order valence-corrected chi connectivity index (χ1v) is 8.08. The maximum atomic E-state index is 12.2. The standard InChI is InChI=1S/C17H25N3O3/c1-17(2,3)23-16(21)20-11-13-7-14(20)10-19(13)9-12-5-6-15(22-4)18-8-12/h5-6,8,13-14H,7,9-11H2,1-4H3/t13-,14-/m1/s1. The highest BCUT2D eigenvalue weighted by atomic mass is 16.6. The summed E-state index contributed by atoms with van der Waals surface area (Å²) in [5.41, 5.74) is 0.732. The summed E-state index contributed by atoms with van der Waals surface area (Å²) >= 11 is 0. The van der Waals surface area contributed by atoms with E-state index in [1.165, 1.54) is 5.56 Å². The Kier molecular flexibility index (Phi) is 4.19. The van der Waals surface area contributed by atoms with E-state index < -0.39 is 5.60 Å². The molecule has 2 bridgehead atoms. The van der Waals surface area contributed by atoms with Crippen LogP contribution in [0.25, 0.3) is 0 Å². The Balaban J connectivity index is 1.56. The number of hydrogen-bond acceptors (Lipinski definition) is 5. The minimum Gasteiger partial charge on any atom is -0.481 e. The second-order valence-electron chi connectivity index (χ2n) is 7.31. The molecule has 0 unspecified atom stereocenters. The average Bonchev–Trinajstić information content (AvgIpc) is 3.06. The molecule has 0 radical (unpaired) electrons. The van der Waals surface area contributed by atoms with E-state index in [9.17, 15) is 4.79 Å². The van der Waals surface area contributed by atoms with Gasteiger partial charge in [-0.3, -0.25) is 4.90 Å². The van der Waals surface area contributed by atoms with E-state index in [1.807, 2.05) is 44.0 Å². The lowest BCUT2D eigenvalue weighted by Crippen LogP contribution is -2.49. The topological polar surface area (TPSA) is 54.9 Å². The Labute approximate surface area is 137 Å². The number of amides is 1. The minimum absolute atomic E-state index is 0.184. The number of carbonyl (C=O) groups is 1. The zero-order valence-electron chi connectivity index (χ0n) is 14.3. The molecule has 126 valence electrons. The van der Waals surface area contributed by atoms with Gasteiger partial charge in [0.25, 0.3) is 0 Å². The van der Waals surface area contributed by atoms with Gasteiger partial charge in [-0.25, -0.2) is 9.78 Å². The maximum absolute atomic E-state index is 12.2. The smallest absolute Gasteiger partial charge is 0.410 e. The third kappa shape index (κ3) is 3.58. The molecule has 1 amide bonds. The molecule has 0 saturated carbocycles. The van der Waals surface area contributed by atoms with Crippen molar-refractivity contribution >= 4 is 6.09 Å². The first kappa shape index (κ1) is 16.1. The zero-order chi connectivity index (χ0) is 16.6. The van der Waals surface area contributed by atoms with Crippen LogP contribution in [0.5, 0.6) is 5.88 Å². The molecule has 3 heterocycles. The molecule has 1 aromatic rings. The first-order chi connectivity index (χ1) is 10.9. The van der Waals surface area contributed by atoms with Gasteiger partial charge < -0.3 is 14.4 Å². The van der Waals surface area contributed by atoms with Crippen LogP contribution in [0.2, 0.25) is 0 Å². The molecule has 0 aliphatic carbocycles. The number of nitrogens with zero attached hydrogens (tertiary/aromatic N) is 3. The summed E-state index contributed by atoms with van der Waals surface area (Å²) in [6.07, 6.45) is 2.70. The van der Waals surface area contributed by atoms with Gasteiger partial charge in [-0.1, -0.05) is 6.07 Å². The van der Waals surface area contributed by atoms with Crippen molar-refractivity contribution in [2.24, 2.45) is 0 Å². The number of rotatable bonds is 3. The van der Waals surface area contributed by atoms with Crippen molar-refractivity contribution in [2.75, 3.05) is 20.2 Å². The third-order valence-corrected chi connectivity index (χ3v) is 4.37. The van der Waals surface area contributed by atoms with Crippen LogP contribution in [0.1, 0.15) is 32.8 Å². The Morgan fingerprint density at radius 3 is 2.61 bits per heavy atom. The van der Waals surface area contributed by atoms with Gasteiger partial charge in [-0.2, -0.15) is 0 Å². The van der Waals surface area contributed by atoms with Crippen molar-refractivity contribution < 1.29 is 14.3 Å². The largest absolute Gasteiger partial charge is 0.481 e. The lowest BCUT2D eigenvalue weighted by atomic mass is 10.2. The van der Waals surface area contributed by atoms with Gasteiger partial charge in [-0.05, 0) is 32.8 Å². The van der Waals surface area contributed by atoms with E-state index in [2.05, 4.69) is 9.88 Å². The average molecular weight is 319 g/mol. The van der Waals surface area contributed by atoms with Gasteiger partial charge in [0, 0.05) is 44.0 Å². The number of aromatic nitrogens is 1. The van der Waals surface area contributed by atoms with E-state index >= 15 is 0 Å². The van der Waals surface area contributed by atoms with Crippen molar-refractivity contribution in [3.05, 3.63) is 23.9 Å². The molecule has 1 aromatic heterocycles. The molecule has 0 aromatic carbocycles. The second-order valence-corrected chi connectivity index (χ2v) is 7.31. The van der Waals surface area contributed by atoms with Crippen LogP contribution in [-0.4, -0.2) is 58.8 Å². The Morgan fingerprint density at radius 1 is 1.30 bits per heavy atom. The summed E-state index contributed by atoms with van der Waals surface area (Å²) in [5, 5.41) is 0. The highest BCUT2D eigenvalue weighted by Gasteiger charge is 2.46. The maximum Gasteiger partial charge on any atom is 0.410 e. The quantitative estimate of drug-likeness (QED) is 0.855.